The number of hydrogen-bond donors (Lipinski definition) is 0. The molecular weight excluding hydrogens is 201 g/mol. The summed E-state index contributed by atoms with van der Waals surface area (Å²) < 4.78 is 13.8. The third-order valence-electron chi connectivity index (χ3n) is 3.41. The zero-order chi connectivity index (χ0) is 11.4. The summed E-state index contributed by atoms with van der Waals surface area (Å²) in [7, 11) is 0. The van der Waals surface area contributed by atoms with Gasteiger partial charge in [-0.05, 0) is 38.4 Å². The third kappa shape index (κ3) is 2.43. The molecule has 1 saturated heterocycles. The number of halogens is 1. The first-order chi connectivity index (χ1) is 7.83. The van der Waals surface area contributed by atoms with Gasteiger partial charge in [-0.1, -0.05) is 31.5 Å². The van der Waals surface area contributed by atoms with Gasteiger partial charge in [0.25, 0.3) is 0 Å². The number of benzene rings is 1. The molecule has 2 heteroatoms. The number of likely N-dealkylation sites (tertiary alicyclic amines) is 1. The maximum Gasteiger partial charge on any atom is 0.127 e. The highest BCUT2D eigenvalue weighted by molar-refractivity contribution is 5.21. The Labute approximate surface area is 97.3 Å². The maximum atomic E-state index is 13.8. The molecule has 1 atom stereocenters. The van der Waals surface area contributed by atoms with Crippen LogP contribution in [0.4, 0.5) is 4.39 Å². The van der Waals surface area contributed by atoms with Crippen molar-refractivity contribution < 1.29 is 4.39 Å². The van der Waals surface area contributed by atoms with Crippen LogP contribution in [0.5, 0.6) is 0 Å². The second kappa shape index (κ2) is 5.44. The Balaban J connectivity index is 2.21. The Hall–Kier alpha value is -0.890. The molecule has 1 aliphatic heterocycles. The molecule has 0 N–H and O–H groups in total. The summed E-state index contributed by atoms with van der Waals surface area (Å²) in [5, 5.41) is 0. The summed E-state index contributed by atoms with van der Waals surface area (Å²) in [5.74, 6) is -0.0483. The van der Waals surface area contributed by atoms with E-state index in [1.54, 1.807) is 12.1 Å². The van der Waals surface area contributed by atoms with Crippen LogP contribution in [0.2, 0.25) is 0 Å². The van der Waals surface area contributed by atoms with Gasteiger partial charge in [0.1, 0.15) is 5.82 Å². The molecule has 1 aromatic carbocycles. The van der Waals surface area contributed by atoms with E-state index in [2.05, 4.69) is 11.8 Å². The van der Waals surface area contributed by atoms with Gasteiger partial charge in [0.15, 0.2) is 0 Å². The molecule has 1 heterocycles. The SMILES string of the molecule is CCCC(c1ccccc1F)N1CCCC1. The Morgan fingerprint density at radius 3 is 2.56 bits per heavy atom. The maximum absolute atomic E-state index is 13.8. The quantitative estimate of drug-likeness (QED) is 0.748. The van der Waals surface area contributed by atoms with E-state index in [4.69, 9.17) is 0 Å². The Morgan fingerprint density at radius 1 is 1.25 bits per heavy atom. The molecule has 1 nitrogen and oxygen atoms in total. The van der Waals surface area contributed by atoms with E-state index in [9.17, 15) is 4.39 Å². The lowest BCUT2D eigenvalue weighted by molar-refractivity contribution is 0.227. The van der Waals surface area contributed by atoms with Crippen molar-refractivity contribution in [1.82, 2.24) is 4.90 Å². The van der Waals surface area contributed by atoms with E-state index in [-0.39, 0.29) is 11.9 Å². The topological polar surface area (TPSA) is 3.24 Å². The fourth-order valence-electron chi connectivity index (χ4n) is 2.61. The van der Waals surface area contributed by atoms with Crippen LogP contribution in [0.3, 0.4) is 0 Å². The van der Waals surface area contributed by atoms with Gasteiger partial charge in [-0.15, -0.1) is 0 Å². The van der Waals surface area contributed by atoms with Crippen molar-refractivity contribution in [2.75, 3.05) is 13.1 Å². The summed E-state index contributed by atoms with van der Waals surface area (Å²) in [5.41, 5.74) is 0.881. The minimum atomic E-state index is -0.0483. The molecule has 16 heavy (non-hydrogen) atoms. The van der Waals surface area contributed by atoms with Crippen LogP contribution in [-0.4, -0.2) is 18.0 Å². The van der Waals surface area contributed by atoms with Gasteiger partial charge in [0, 0.05) is 11.6 Å². The normalized spacial score (nSPS) is 18.9. The molecule has 2 rings (SSSR count). The summed E-state index contributed by atoms with van der Waals surface area (Å²) >= 11 is 0. The van der Waals surface area contributed by atoms with Crippen LogP contribution in [0, 0.1) is 5.82 Å². The summed E-state index contributed by atoms with van der Waals surface area (Å²) in [4.78, 5) is 2.43. The highest BCUT2D eigenvalue weighted by atomic mass is 19.1. The third-order valence-corrected chi connectivity index (χ3v) is 3.41. The Kier molecular flexibility index (Phi) is 3.94. The molecule has 0 spiro atoms. The minimum Gasteiger partial charge on any atom is -0.296 e. The lowest BCUT2D eigenvalue weighted by Gasteiger charge is -2.27. The van der Waals surface area contributed by atoms with Crippen LogP contribution in [0.1, 0.15) is 44.2 Å². The first-order valence-electron chi connectivity index (χ1n) is 6.31. The van der Waals surface area contributed by atoms with Crippen molar-refractivity contribution in [3.8, 4) is 0 Å². The summed E-state index contributed by atoms with van der Waals surface area (Å²) in [6.45, 7) is 4.42. The van der Waals surface area contributed by atoms with Crippen molar-refractivity contribution in [1.29, 1.82) is 0 Å². The van der Waals surface area contributed by atoms with Gasteiger partial charge in [-0.3, -0.25) is 4.90 Å². The smallest absolute Gasteiger partial charge is 0.127 e. The molecule has 0 bridgehead atoms. The van der Waals surface area contributed by atoms with Gasteiger partial charge in [-0.25, -0.2) is 4.39 Å². The van der Waals surface area contributed by atoms with Gasteiger partial charge >= 0.3 is 0 Å². The second-order valence-electron chi connectivity index (χ2n) is 4.57. The summed E-state index contributed by atoms with van der Waals surface area (Å²) in [6, 6.07) is 7.51. The first-order valence-corrected chi connectivity index (χ1v) is 6.31. The van der Waals surface area contributed by atoms with E-state index in [1.165, 1.54) is 12.8 Å². The molecule has 0 radical (unpaired) electrons. The van der Waals surface area contributed by atoms with Crippen molar-refractivity contribution in [2.24, 2.45) is 0 Å². The van der Waals surface area contributed by atoms with Gasteiger partial charge in [0.2, 0.25) is 0 Å². The van der Waals surface area contributed by atoms with E-state index >= 15 is 0 Å². The van der Waals surface area contributed by atoms with Crippen molar-refractivity contribution in [3.05, 3.63) is 35.6 Å². The number of rotatable bonds is 4. The Bertz CT molecular complexity index is 331. The average molecular weight is 221 g/mol. The predicted molar refractivity (Wildman–Crippen MR) is 64.9 cm³/mol. The standard InChI is InChI=1S/C14H20FN/c1-2-7-14(16-10-5-6-11-16)12-8-3-4-9-13(12)15/h3-4,8-9,14H,2,5-7,10-11H2,1H3. The molecule has 1 aromatic rings. The van der Waals surface area contributed by atoms with Gasteiger partial charge in [-0.2, -0.15) is 0 Å². The Morgan fingerprint density at radius 2 is 1.94 bits per heavy atom. The van der Waals surface area contributed by atoms with E-state index < -0.39 is 0 Å². The largest absolute Gasteiger partial charge is 0.296 e. The fraction of sp³-hybridized carbons (Fsp3) is 0.571. The molecule has 0 saturated carbocycles. The predicted octanol–water partition coefficient (Wildman–Crippen LogP) is 3.76. The number of hydrogen-bond acceptors (Lipinski definition) is 1. The average Bonchev–Trinajstić information content (AvgIpc) is 2.80. The molecule has 0 amide bonds. The van der Waals surface area contributed by atoms with Crippen LogP contribution in [-0.2, 0) is 0 Å². The zero-order valence-electron chi connectivity index (χ0n) is 9.95. The lowest BCUT2D eigenvalue weighted by atomic mass is 10.0. The van der Waals surface area contributed by atoms with Crippen molar-refractivity contribution >= 4 is 0 Å². The second-order valence-corrected chi connectivity index (χ2v) is 4.57. The molecule has 0 aliphatic carbocycles. The molecule has 88 valence electrons. The highest BCUT2D eigenvalue weighted by Crippen LogP contribution is 2.30. The zero-order valence-corrected chi connectivity index (χ0v) is 9.95. The van der Waals surface area contributed by atoms with E-state index in [0.717, 1.165) is 31.5 Å². The first kappa shape index (κ1) is 11.6. The van der Waals surface area contributed by atoms with Gasteiger partial charge in [0.05, 0.1) is 0 Å². The van der Waals surface area contributed by atoms with E-state index in [1.807, 2.05) is 12.1 Å². The highest BCUT2D eigenvalue weighted by Gasteiger charge is 2.24. The lowest BCUT2D eigenvalue weighted by Crippen LogP contribution is -2.26. The minimum absolute atomic E-state index is 0.0483. The van der Waals surface area contributed by atoms with Gasteiger partial charge < -0.3 is 0 Å². The number of nitrogens with zero attached hydrogens (tertiary/aromatic N) is 1. The molecule has 1 fully saturated rings. The van der Waals surface area contributed by atoms with Crippen LogP contribution in [0.25, 0.3) is 0 Å². The molecule has 0 aromatic heterocycles. The summed E-state index contributed by atoms with van der Waals surface area (Å²) in [6.07, 6.45) is 4.68. The van der Waals surface area contributed by atoms with E-state index in [0.29, 0.717) is 0 Å². The monoisotopic (exact) mass is 221 g/mol. The van der Waals surface area contributed by atoms with Crippen LogP contribution >= 0.6 is 0 Å². The molecule has 1 aliphatic rings. The van der Waals surface area contributed by atoms with Crippen molar-refractivity contribution in [2.45, 2.75) is 38.6 Å². The van der Waals surface area contributed by atoms with Crippen LogP contribution in [0.15, 0.2) is 24.3 Å². The molecule has 1 unspecified atom stereocenters. The fourth-order valence-corrected chi connectivity index (χ4v) is 2.61. The van der Waals surface area contributed by atoms with Crippen LogP contribution < -0.4 is 0 Å². The van der Waals surface area contributed by atoms with Crippen molar-refractivity contribution in [3.63, 3.8) is 0 Å². The molecular formula is C14H20FN.